The Kier molecular flexibility index (Phi) is 10.5. The highest BCUT2D eigenvalue weighted by atomic mass is 15.1. The minimum absolute atomic E-state index is 0.130. The standard InChI is InChI=1S/C58H54N2/c1-6-52(42-28-34-50(35-29-42)59(46-20-12-8-13-21-46)47-22-14-9-15-23-47)43-30-38-53-54-39-33-45(41-56(54)57(3,4)55(53)40-43)58(5,7-2)44-31-36-51(37-32-44)60(48-24-16-10-17-25-48)49-26-18-11-19-27-49/h8-41,52H,6-7H2,1-5H3. The summed E-state index contributed by atoms with van der Waals surface area (Å²) in [6.45, 7) is 11.9. The summed E-state index contributed by atoms with van der Waals surface area (Å²) in [5.41, 5.74) is 17.6. The lowest BCUT2D eigenvalue weighted by molar-refractivity contribution is 0.547. The topological polar surface area (TPSA) is 6.48 Å². The largest absolute Gasteiger partial charge is 0.311 e. The molecule has 0 N–H and O–H groups in total. The van der Waals surface area contributed by atoms with Crippen molar-refractivity contribution >= 4 is 34.1 Å². The molecule has 0 radical (unpaired) electrons. The van der Waals surface area contributed by atoms with Gasteiger partial charge in [-0.3, -0.25) is 0 Å². The molecule has 8 aromatic rings. The molecule has 60 heavy (non-hydrogen) atoms. The van der Waals surface area contributed by atoms with Crippen molar-refractivity contribution in [2.45, 2.75) is 64.2 Å². The molecule has 8 aromatic carbocycles. The van der Waals surface area contributed by atoms with Crippen molar-refractivity contribution in [3.05, 3.63) is 240 Å². The molecule has 1 aliphatic rings. The molecule has 2 heteroatoms. The third kappa shape index (κ3) is 7.01. The number of hydrogen-bond acceptors (Lipinski definition) is 2. The molecule has 0 saturated heterocycles. The third-order valence-corrected chi connectivity index (χ3v) is 13.2. The molecule has 0 amide bonds. The van der Waals surface area contributed by atoms with Crippen molar-refractivity contribution in [3.8, 4) is 11.1 Å². The lowest BCUT2D eigenvalue weighted by Gasteiger charge is -2.32. The van der Waals surface area contributed by atoms with Crippen molar-refractivity contribution in [1.29, 1.82) is 0 Å². The van der Waals surface area contributed by atoms with Crippen LogP contribution in [0.1, 0.15) is 86.8 Å². The maximum atomic E-state index is 2.52. The fourth-order valence-corrected chi connectivity index (χ4v) is 9.59. The van der Waals surface area contributed by atoms with Gasteiger partial charge in [0.2, 0.25) is 0 Å². The molecule has 9 rings (SSSR count). The molecule has 0 aliphatic heterocycles. The van der Waals surface area contributed by atoms with E-state index in [0.717, 1.165) is 47.0 Å². The highest BCUT2D eigenvalue weighted by Crippen LogP contribution is 2.52. The summed E-state index contributed by atoms with van der Waals surface area (Å²) in [6, 6.07) is 75.7. The molecule has 2 atom stereocenters. The molecule has 0 spiro atoms. The average Bonchev–Trinajstić information content (AvgIpc) is 3.53. The van der Waals surface area contributed by atoms with E-state index in [1.54, 1.807) is 0 Å². The van der Waals surface area contributed by atoms with Gasteiger partial charge in [-0.2, -0.15) is 0 Å². The van der Waals surface area contributed by atoms with Crippen LogP contribution in [0.5, 0.6) is 0 Å². The number of para-hydroxylation sites is 4. The van der Waals surface area contributed by atoms with Crippen LogP contribution in [-0.2, 0) is 10.8 Å². The van der Waals surface area contributed by atoms with Crippen LogP contribution in [0.2, 0.25) is 0 Å². The SMILES string of the molecule is CCC(c1ccc(N(c2ccccc2)c2ccccc2)cc1)c1ccc2c(c1)C(C)(C)c1cc(C(C)(CC)c3ccc(N(c4ccccc4)c4ccccc4)cc3)ccc1-2. The Balaban J connectivity index is 1.00. The smallest absolute Gasteiger partial charge is 0.0461 e. The van der Waals surface area contributed by atoms with Gasteiger partial charge in [-0.25, -0.2) is 0 Å². The van der Waals surface area contributed by atoms with Crippen LogP contribution in [0.15, 0.2) is 206 Å². The van der Waals surface area contributed by atoms with Crippen LogP contribution in [0.4, 0.5) is 34.1 Å². The van der Waals surface area contributed by atoms with Crippen molar-refractivity contribution in [1.82, 2.24) is 0 Å². The monoisotopic (exact) mass is 778 g/mol. The highest BCUT2D eigenvalue weighted by molar-refractivity contribution is 5.82. The number of rotatable bonds is 12. The minimum atomic E-state index is -0.149. The summed E-state index contributed by atoms with van der Waals surface area (Å²) < 4.78 is 0. The van der Waals surface area contributed by atoms with E-state index in [0.29, 0.717) is 5.92 Å². The van der Waals surface area contributed by atoms with E-state index in [2.05, 4.69) is 251 Å². The van der Waals surface area contributed by atoms with Crippen molar-refractivity contribution in [2.75, 3.05) is 9.80 Å². The van der Waals surface area contributed by atoms with Gasteiger partial charge >= 0.3 is 0 Å². The van der Waals surface area contributed by atoms with Crippen LogP contribution in [0.3, 0.4) is 0 Å². The molecule has 0 heterocycles. The number of benzene rings is 8. The first-order chi connectivity index (χ1) is 29.3. The Bertz CT molecular complexity index is 2610. The van der Waals surface area contributed by atoms with Crippen molar-refractivity contribution in [2.24, 2.45) is 0 Å². The fraction of sp³-hybridized carbons (Fsp3) is 0.172. The first-order valence-electron chi connectivity index (χ1n) is 21.6. The Morgan fingerprint density at radius 2 is 0.783 bits per heavy atom. The normalized spacial score (nSPS) is 14.1. The fourth-order valence-electron chi connectivity index (χ4n) is 9.59. The Labute approximate surface area is 357 Å². The second kappa shape index (κ2) is 16.2. The highest BCUT2D eigenvalue weighted by Gasteiger charge is 2.38. The van der Waals surface area contributed by atoms with Gasteiger partial charge in [0.25, 0.3) is 0 Å². The molecule has 296 valence electrons. The number of nitrogens with zero attached hydrogens (tertiary/aromatic N) is 2. The van der Waals surface area contributed by atoms with Gasteiger partial charge < -0.3 is 9.80 Å². The Morgan fingerprint density at radius 3 is 1.22 bits per heavy atom. The van der Waals surface area contributed by atoms with Gasteiger partial charge in [-0.05, 0) is 130 Å². The van der Waals surface area contributed by atoms with E-state index in [4.69, 9.17) is 0 Å². The molecular formula is C58H54N2. The lowest BCUT2D eigenvalue weighted by atomic mass is 9.72. The Hall–Kier alpha value is -6.64. The molecule has 0 bridgehead atoms. The van der Waals surface area contributed by atoms with Gasteiger partial charge in [-0.1, -0.05) is 168 Å². The molecule has 0 fully saturated rings. The lowest BCUT2D eigenvalue weighted by Crippen LogP contribution is -2.24. The number of hydrogen-bond donors (Lipinski definition) is 0. The van der Waals surface area contributed by atoms with Crippen LogP contribution in [0.25, 0.3) is 11.1 Å². The van der Waals surface area contributed by atoms with Gasteiger partial charge in [-0.15, -0.1) is 0 Å². The molecule has 0 saturated carbocycles. The van der Waals surface area contributed by atoms with E-state index >= 15 is 0 Å². The summed E-state index contributed by atoms with van der Waals surface area (Å²) >= 11 is 0. The number of fused-ring (bicyclic) bond motifs is 3. The predicted molar refractivity (Wildman–Crippen MR) is 255 cm³/mol. The first-order valence-corrected chi connectivity index (χ1v) is 21.6. The summed E-state index contributed by atoms with van der Waals surface area (Å²) in [4.78, 5) is 4.66. The van der Waals surface area contributed by atoms with Gasteiger partial charge in [0, 0.05) is 50.9 Å². The molecule has 2 nitrogen and oxygen atoms in total. The van der Waals surface area contributed by atoms with E-state index in [1.807, 2.05) is 0 Å². The summed E-state index contributed by atoms with van der Waals surface area (Å²) in [7, 11) is 0. The maximum absolute atomic E-state index is 2.52. The maximum Gasteiger partial charge on any atom is 0.0461 e. The molecular weight excluding hydrogens is 725 g/mol. The summed E-state index contributed by atoms with van der Waals surface area (Å²) in [5, 5.41) is 0. The van der Waals surface area contributed by atoms with E-state index in [1.165, 1.54) is 44.5 Å². The third-order valence-electron chi connectivity index (χ3n) is 13.2. The van der Waals surface area contributed by atoms with Crippen molar-refractivity contribution < 1.29 is 0 Å². The molecule has 2 unspecified atom stereocenters. The van der Waals surface area contributed by atoms with Gasteiger partial charge in [0.05, 0.1) is 0 Å². The zero-order valence-electron chi connectivity index (χ0n) is 35.5. The van der Waals surface area contributed by atoms with Crippen molar-refractivity contribution in [3.63, 3.8) is 0 Å². The average molecular weight is 779 g/mol. The van der Waals surface area contributed by atoms with Crippen LogP contribution in [0, 0.1) is 0 Å². The number of anilines is 6. The first kappa shape index (κ1) is 38.9. The Morgan fingerprint density at radius 1 is 0.417 bits per heavy atom. The second-order valence-corrected chi connectivity index (χ2v) is 17.0. The van der Waals surface area contributed by atoms with E-state index < -0.39 is 0 Å². The minimum Gasteiger partial charge on any atom is -0.311 e. The summed E-state index contributed by atoms with van der Waals surface area (Å²) in [5.74, 6) is 0.299. The predicted octanol–water partition coefficient (Wildman–Crippen LogP) is 16.2. The zero-order chi connectivity index (χ0) is 41.3. The van der Waals surface area contributed by atoms with E-state index in [9.17, 15) is 0 Å². The quantitative estimate of drug-likeness (QED) is 0.122. The summed E-state index contributed by atoms with van der Waals surface area (Å²) in [6.07, 6.45) is 2.02. The van der Waals surface area contributed by atoms with Crippen LogP contribution in [-0.4, -0.2) is 0 Å². The van der Waals surface area contributed by atoms with Crippen LogP contribution < -0.4 is 9.80 Å². The van der Waals surface area contributed by atoms with Gasteiger partial charge in [0.15, 0.2) is 0 Å². The molecule has 0 aromatic heterocycles. The van der Waals surface area contributed by atoms with E-state index in [-0.39, 0.29) is 10.8 Å². The van der Waals surface area contributed by atoms with Crippen LogP contribution >= 0.6 is 0 Å². The molecule has 1 aliphatic carbocycles. The van der Waals surface area contributed by atoms with Gasteiger partial charge in [0.1, 0.15) is 0 Å². The second-order valence-electron chi connectivity index (χ2n) is 17.0. The zero-order valence-corrected chi connectivity index (χ0v) is 35.5.